The summed E-state index contributed by atoms with van der Waals surface area (Å²) < 4.78 is 35.6. The van der Waals surface area contributed by atoms with Crippen LogP contribution in [-0.2, 0) is 9.53 Å². The predicted octanol–water partition coefficient (Wildman–Crippen LogP) is 4.70. The van der Waals surface area contributed by atoms with Gasteiger partial charge in [-0.1, -0.05) is 18.5 Å². The number of rotatable bonds is 6. The average Bonchev–Trinajstić information content (AvgIpc) is 3.20. The highest BCUT2D eigenvalue weighted by Crippen LogP contribution is 2.43. The molecule has 2 fully saturated rings. The van der Waals surface area contributed by atoms with E-state index in [1.165, 1.54) is 0 Å². The van der Waals surface area contributed by atoms with Gasteiger partial charge >= 0.3 is 0 Å². The molecule has 1 aromatic carbocycles. The minimum Gasteiger partial charge on any atom is -0.381 e. The summed E-state index contributed by atoms with van der Waals surface area (Å²) in [5.41, 5.74) is 6.05. The van der Waals surface area contributed by atoms with E-state index in [0.717, 1.165) is 25.0 Å². The number of amides is 1. The zero-order valence-electron chi connectivity index (χ0n) is 19.9. The second-order valence-corrected chi connectivity index (χ2v) is 10.2. The number of carbonyl (C=O) groups excluding carboxylic acids is 1. The predicted molar refractivity (Wildman–Crippen MR) is 132 cm³/mol. The van der Waals surface area contributed by atoms with Gasteiger partial charge in [0.1, 0.15) is 11.3 Å². The monoisotopic (exact) mass is 519 g/mol. The lowest BCUT2D eigenvalue weighted by Gasteiger charge is -2.35. The zero-order chi connectivity index (χ0) is 25.4. The number of primary amides is 1. The third-order valence-corrected chi connectivity index (χ3v) is 7.55. The van der Waals surface area contributed by atoms with Gasteiger partial charge in [-0.25, -0.2) is 18.7 Å². The molecule has 5 rings (SSSR count). The fraction of sp³-hybridized carbons (Fsp3) is 0.500. The van der Waals surface area contributed by atoms with Crippen LogP contribution in [0.3, 0.4) is 0 Å². The molecule has 12 heteroatoms. The van der Waals surface area contributed by atoms with E-state index in [4.69, 9.17) is 27.1 Å². The van der Waals surface area contributed by atoms with Crippen LogP contribution in [0.4, 0.5) is 26.4 Å². The molecule has 4 N–H and O–H groups in total. The van der Waals surface area contributed by atoms with E-state index < -0.39 is 17.0 Å². The van der Waals surface area contributed by atoms with Gasteiger partial charge < -0.3 is 21.1 Å². The number of hydrogen-bond acceptors (Lipinski definition) is 7. The van der Waals surface area contributed by atoms with Crippen LogP contribution in [0.2, 0.25) is 5.02 Å². The van der Waals surface area contributed by atoms with Crippen LogP contribution in [0.5, 0.6) is 0 Å². The Kier molecular flexibility index (Phi) is 6.69. The van der Waals surface area contributed by atoms with Crippen molar-refractivity contribution in [2.75, 3.05) is 23.8 Å². The fourth-order valence-corrected chi connectivity index (χ4v) is 5.18. The highest BCUT2D eigenvalue weighted by Gasteiger charge is 2.38. The van der Waals surface area contributed by atoms with E-state index in [9.17, 15) is 13.6 Å². The quantitative estimate of drug-likeness (QED) is 0.431. The third-order valence-electron chi connectivity index (χ3n) is 7.25. The largest absolute Gasteiger partial charge is 0.381 e. The Labute approximate surface area is 211 Å². The number of anilines is 3. The van der Waals surface area contributed by atoms with Crippen molar-refractivity contribution in [3.05, 3.63) is 35.0 Å². The molecule has 1 amide bonds. The van der Waals surface area contributed by atoms with Gasteiger partial charge in [0.15, 0.2) is 11.5 Å². The maximum Gasteiger partial charge on any atom is 0.224 e. The van der Waals surface area contributed by atoms with Crippen molar-refractivity contribution in [3.8, 4) is 0 Å². The van der Waals surface area contributed by atoms with Gasteiger partial charge in [-0.15, -0.1) is 0 Å². The Morgan fingerprint density at radius 1 is 1.19 bits per heavy atom. The number of nitrogens with two attached hydrogens (primary N) is 1. The molecule has 1 aliphatic carbocycles. The molecule has 0 unspecified atom stereocenters. The van der Waals surface area contributed by atoms with Gasteiger partial charge in [0.2, 0.25) is 17.8 Å². The molecular weight excluding hydrogens is 492 g/mol. The summed E-state index contributed by atoms with van der Waals surface area (Å²) in [6, 6.07) is 1.91. The molecule has 0 atom stereocenters. The van der Waals surface area contributed by atoms with Crippen molar-refractivity contribution in [2.45, 2.75) is 57.5 Å². The first kappa shape index (κ1) is 24.6. The molecule has 0 bridgehead atoms. The number of nitrogens with zero attached hydrogens (tertiary/aromatic N) is 4. The number of aromatic nitrogens is 4. The lowest BCUT2D eigenvalue weighted by molar-refractivity contribution is -0.128. The van der Waals surface area contributed by atoms with E-state index in [2.05, 4.69) is 20.6 Å². The molecule has 36 heavy (non-hydrogen) atoms. The smallest absolute Gasteiger partial charge is 0.224 e. The number of imidazole rings is 1. The molecule has 1 aliphatic heterocycles. The number of nitrogens with one attached hydrogen (secondary N) is 2. The molecule has 0 radical (unpaired) electrons. The number of hydrogen-bond donors (Lipinski definition) is 3. The van der Waals surface area contributed by atoms with Crippen LogP contribution < -0.4 is 16.4 Å². The molecule has 3 aromatic rings. The number of fused-ring (bicyclic) bond motifs is 1. The number of ether oxygens (including phenoxy) is 1. The van der Waals surface area contributed by atoms with Crippen LogP contribution in [0.1, 0.15) is 51.5 Å². The molecule has 1 saturated carbocycles. The summed E-state index contributed by atoms with van der Waals surface area (Å²) in [4.78, 5) is 25.8. The van der Waals surface area contributed by atoms with E-state index in [1.807, 2.05) is 11.5 Å². The van der Waals surface area contributed by atoms with Gasteiger partial charge in [0, 0.05) is 36.8 Å². The summed E-state index contributed by atoms with van der Waals surface area (Å²) in [6.07, 6.45) is 5.79. The fourth-order valence-electron chi connectivity index (χ4n) is 4.94. The third kappa shape index (κ3) is 4.81. The summed E-state index contributed by atoms with van der Waals surface area (Å²) in [7, 11) is 0. The van der Waals surface area contributed by atoms with Crippen molar-refractivity contribution in [1.29, 1.82) is 0 Å². The zero-order valence-corrected chi connectivity index (χ0v) is 20.6. The van der Waals surface area contributed by atoms with Crippen molar-refractivity contribution in [1.82, 2.24) is 19.5 Å². The molecule has 3 heterocycles. The molecule has 2 aromatic heterocycles. The van der Waals surface area contributed by atoms with Gasteiger partial charge in [-0.05, 0) is 44.6 Å². The van der Waals surface area contributed by atoms with Crippen molar-refractivity contribution >= 4 is 46.3 Å². The van der Waals surface area contributed by atoms with Crippen LogP contribution in [0, 0.1) is 17.0 Å². The normalized spacial score (nSPS) is 23.1. The van der Waals surface area contributed by atoms with E-state index >= 15 is 0 Å². The summed E-state index contributed by atoms with van der Waals surface area (Å²) >= 11 is 6.15. The van der Waals surface area contributed by atoms with E-state index in [-0.39, 0.29) is 28.7 Å². The summed E-state index contributed by atoms with van der Waals surface area (Å²) in [6.45, 7) is 3.23. The Bertz CT molecular complexity index is 1260. The lowest BCUT2D eigenvalue weighted by Crippen LogP contribution is -2.38. The highest BCUT2D eigenvalue weighted by molar-refractivity contribution is 6.33. The standard InChI is InChI=1S/C24H28ClF2N7O2/c1-24(21(28)35)6-2-15(3-7-24)34-20-18(12-29-22(33-20)30-14-4-8-36-9-5-14)31-23(34)32-19-16(25)10-13(26)11-17(19)27/h10-12,14-15H,2-9H2,1H3,(H2,28,35)(H,31,32)(H,29,30,33)/t15-,24-. The van der Waals surface area contributed by atoms with Gasteiger partial charge in [0.05, 0.1) is 16.9 Å². The number of carbonyl (C=O) groups is 1. The number of halogens is 3. The second-order valence-electron chi connectivity index (χ2n) is 9.76. The van der Waals surface area contributed by atoms with Crippen LogP contribution in [-0.4, -0.2) is 44.7 Å². The first-order valence-electron chi connectivity index (χ1n) is 12.0. The molecule has 1 saturated heterocycles. The molecular formula is C24H28ClF2N7O2. The minimum atomic E-state index is -0.837. The topological polar surface area (TPSA) is 120 Å². The molecule has 2 aliphatic rings. The molecule has 192 valence electrons. The molecule has 0 spiro atoms. The lowest BCUT2D eigenvalue weighted by atomic mass is 9.73. The van der Waals surface area contributed by atoms with Crippen LogP contribution in [0.15, 0.2) is 18.3 Å². The Morgan fingerprint density at radius 2 is 1.92 bits per heavy atom. The van der Waals surface area contributed by atoms with Crippen LogP contribution in [0.25, 0.3) is 11.2 Å². The van der Waals surface area contributed by atoms with Crippen LogP contribution >= 0.6 is 11.6 Å². The Morgan fingerprint density at radius 3 is 2.58 bits per heavy atom. The first-order chi connectivity index (χ1) is 17.2. The maximum atomic E-state index is 14.6. The SMILES string of the molecule is C[C@]1(C(N)=O)CC[C@H](n2c(Nc3c(F)cc(F)cc3Cl)nc3cnc(NC4CCOCC4)nc32)CC1. The summed E-state index contributed by atoms with van der Waals surface area (Å²) in [5, 5.41) is 6.21. The highest BCUT2D eigenvalue weighted by atomic mass is 35.5. The molecule has 9 nitrogen and oxygen atoms in total. The van der Waals surface area contributed by atoms with E-state index in [1.54, 1.807) is 6.20 Å². The number of benzene rings is 1. The Balaban J connectivity index is 1.53. The van der Waals surface area contributed by atoms with Gasteiger partial charge in [0.25, 0.3) is 0 Å². The van der Waals surface area contributed by atoms with Gasteiger partial charge in [-0.2, -0.15) is 4.98 Å². The summed E-state index contributed by atoms with van der Waals surface area (Å²) in [5.74, 6) is -1.16. The second kappa shape index (κ2) is 9.78. The van der Waals surface area contributed by atoms with Crippen molar-refractivity contribution in [2.24, 2.45) is 11.1 Å². The van der Waals surface area contributed by atoms with Gasteiger partial charge in [-0.3, -0.25) is 9.36 Å². The maximum absolute atomic E-state index is 14.6. The average molecular weight is 520 g/mol. The minimum absolute atomic E-state index is 0.0825. The van der Waals surface area contributed by atoms with Crippen molar-refractivity contribution in [3.63, 3.8) is 0 Å². The van der Waals surface area contributed by atoms with E-state index in [0.29, 0.717) is 62.0 Å². The van der Waals surface area contributed by atoms with Crippen molar-refractivity contribution < 1.29 is 18.3 Å². The Hall–Kier alpha value is -3.05. The first-order valence-corrected chi connectivity index (χ1v) is 12.4.